The van der Waals surface area contributed by atoms with Gasteiger partial charge in [0.2, 0.25) is 0 Å². The summed E-state index contributed by atoms with van der Waals surface area (Å²) in [7, 11) is 0. The highest BCUT2D eigenvalue weighted by atomic mass is 16.3. The molecule has 21 heavy (non-hydrogen) atoms. The number of hydrogen-bond acceptors (Lipinski definition) is 2. The minimum Gasteiger partial charge on any atom is -0.396 e. The number of hydrogen-bond donors (Lipinski definition) is 3. The zero-order valence-corrected chi connectivity index (χ0v) is 13.0. The van der Waals surface area contributed by atoms with Crippen LogP contribution >= 0.6 is 0 Å². The smallest absolute Gasteiger partial charge is 0.251 e. The predicted molar refractivity (Wildman–Crippen MR) is 85.6 cm³/mol. The molecule has 0 fully saturated rings. The van der Waals surface area contributed by atoms with Crippen LogP contribution in [0.5, 0.6) is 0 Å². The van der Waals surface area contributed by atoms with Crippen LogP contribution in [0.2, 0.25) is 0 Å². The van der Waals surface area contributed by atoms with Crippen LogP contribution in [0.1, 0.15) is 41.4 Å². The van der Waals surface area contributed by atoms with E-state index in [0.717, 1.165) is 29.4 Å². The third kappa shape index (κ3) is 3.45. The zero-order valence-electron chi connectivity index (χ0n) is 13.0. The molecule has 0 spiro atoms. The van der Waals surface area contributed by atoms with Gasteiger partial charge in [-0.25, -0.2) is 0 Å². The molecule has 0 aliphatic carbocycles. The maximum atomic E-state index is 12.2. The molecule has 0 aliphatic rings. The Morgan fingerprint density at radius 3 is 2.81 bits per heavy atom. The van der Waals surface area contributed by atoms with Crippen molar-refractivity contribution in [2.75, 3.05) is 13.2 Å². The van der Waals surface area contributed by atoms with Crippen LogP contribution in [-0.4, -0.2) is 29.1 Å². The fourth-order valence-electron chi connectivity index (χ4n) is 2.57. The van der Waals surface area contributed by atoms with Crippen LogP contribution in [0.3, 0.4) is 0 Å². The molecule has 1 aromatic heterocycles. The summed E-state index contributed by atoms with van der Waals surface area (Å²) >= 11 is 0. The number of aromatic amines is 1. The van der Waals surface area contributed by atoms with Crippen molar-refractivity contribution in [1.82, 2.24) is 10.3 Å². The minimum absolute atomic E-state index is 0.0495. The maximum Gasteiger partial charge on any atom is 0.251 e. The van der Waals surface area contributed by atoms with Gasteiger partial charge in [-0.1, -0.05) is 13.3 Å². The Balaban J connectivity index is 2.10. The molecule has 3 N–H and O–H groups in total. The van der Waals surface area contributed by atoms with Gasteiger partial charge in [-0.15, -0.1) is 0 Å². The Kier molecular flexibility index (Phi) is 5.02. The minimum atomic E-state index is -0.0495. The van der Waals surface area contributed by atoms with Gasteiger partial charge >= 0.3 is 0 Å². The van der Waals surface area contributed by atoms with Gasteiger partial charge in [-0.05, 0) is 49.9 Å². The molecule has 1 atom stereocenters. The number of rotatable bonds is 6. The SMILES string of the molecule is CCC(CCO)CNC(=O)c1ccc2[nH]c(C)c(C)c2c1. The standard InChI is InChI=1S/C17H24N2O2/c1-4-13(7-8-20)10-18-17(21)14-5-6-16-15(9-14)11(2)12(3)19-16/h5-6,9,13,19-20H,4,7-8,10H2,1-3H3,(H,18,21). The molecule has 114 valence electrons. The van der Waals surface area contributed by atoms with Gasteiger partial charge in [0.15, 0.2) is 0 Å². The van der Waals surface area contributed by atoms with Crippen molar-refractivity contribution < 1.29 is 9.90 Å². The lowest BCUT2D eigenvalue weighted by molar-refractivity contribution is 0.0943. The average Bonchev–Trinajstić information content (AvgIpc) is 2.77. The molecular weight excluding hydrogens is 264 g/mol. The molecule has 0 bridgehead atoms. The van der Waals surface area contributed by atoms with E-state index in [1.165, 1.54) is 5.56 Å². The van der Waals surface area contributed by atoms with E-state index in [0.29, 0.717) is 18.0 Å². The van der Waals surface area contributed by atoms with Crippen molar-refractivity contribution in [2.24, 2.45) is 5.92 Å². The molecule has 0 radical (unpaired) electrons. The number of benzene rings is 1. The molecule has 4 heteroatoms. The van der Waals surface area contributed by atoms with Crippen molar-refractivity contribution >= 4 is 16.8 Å². The van der Waals surface area contributed by atoms with E-state index in [1.807, 2.05) is 25.1 Å². The second kappa shape index (κ2) is 6.76. The monoisotopic (exact) mass is 288 g/mol. The zero-order chi connectivity index (χ0) is 15.4. The highest BCUT2D eigenvalue weighted by Crippen LogP contribution is 2.22. The first-order valence-corrected chi connectivity index (χ1v) is 7.54. The molecule has 1 amide bonds. The topological polar surface area (TPSA) is 65.1 Å². The second-order valence-corrected chi connectivity index (χ2v) is 5.63. The summed E-state index contributed by atoms with van der Waals surface area (Å²) in [6.45, 7) is 6.95. The fraction of sp³-hybridized carbons (Fsp3) is 0.471. The molecule has 0 saturated heterocycles. The number of aryl methyl sites for hydroxylation is 2. The third-order valence-corrected chi connectivity index (χ3v) is 4.24. The molecule has 2 rings (SSSR count). The number of amides is 1. The van der Waals surface area contributed by atoms with Crippen molar-refractivity contribution in [3.8, 4) is 0 Å². The number of fused-ring (bicyclic) bond motifs is 1. The molecule has 4 nitrogen and oxygen atoms in total. The molecule has 0 aliphatic heterocycles. The van der Waals surface area contributed by atoms with Crippen LogP contribution in [0.4, 0.5) is 0 Å². The fourth-order valence-corrected chi connectivity index (χ4v) is 2.57. The van der Waals surface area contributed by atoms with Crippen LogP contribution in [0.25, 0.3) is 10.9 Å². The summed E-state index contributed by atoms with van der Waals surface area (Å²) in [5.41, 5.74) is 4.07. The molecule has 0 saturated carbocycles. The van der Waals surface area contributed by atoms with Gasteiger partial charge in [0.05, 0.1) is 0 Å². The lowest BCUT2D eigenvalue weighted by Gasteiger charge is -2.14. The van der Waals surface area contributed by atoms with Gasteiger partial charge in [0, 0.05) is 35.3 Å². The first-order valence-electron chi connectivity index (χ1n) is 7.54. The number of H-pyrrole nitrogens is 1. The Morgan fingerprint density at radius 1 is 1.38 bits per heavy atom. The van der Waals surface area contributed by atoms with Crippen LogP contribution in [0.15, 0.2) is 18.2 Å². The lowest BCUT2D eigenvalue weighted by Crippen LogP contribution is -2.29. The second-order valence-electron chi connectivity index (χ2n) is 5.63. The Bertz CT molecular complexity index is 631. The lowest BCUT2D eigenvalue weighted by atomic mass is 10.0. The number of aromatic nitrogens is 1. The highest BCUT2D eigenvalue weighted by molar-refractivity contribution is 5.99. The number of carbonyl (C=O) groups is 1. The summed E-state index contributed by atoms with van der Waals surface area (Å²) < 4.78 is 0. The Morgan fingerprint density at radius 2 is 2.14 bits per heavy atom. The van der Waals surface area contributed by atoms with E-state index >= 15 is 0 Å². The summed E-state index contributed by atoms with van der Waals surface area (Å²) in [5.74, 6) is 0.283. The number of aliphatic hydroxyl groups is 1. The number of carbonyl (C=O) groups excluding carboxylic acids is 1. The number of aliphatic hydroxyl groups excluding tert-OH is 1. The molecule has 1 unspecified atom stereocenters. The van der Waals surface area contributed by atoms with E-state index in [2.05, 4.69) is 24.1 Å². The highest BCUT2D eigenvalue weighted by Gasteiger charge is 2.12. The summed E-state index contributed by atoms with van der Waals surface area (Å²) in [5, 5.41) is 13.1. The normalized spacial score (nSPS) is 12.6. The van der Waals surface area contributed by atoms with Crippen molar-refractivity contribution in [3.05, 3.63) is 35.0 Å². The van der Waals surface area contributed by atoms with Crippen LogP contribution in [-0.2, 0) is 0 Å². The third-order valence-electron chi connectivity index (χ3n) is 4.24. The summed E-state index contributed by atoms with van der Waals surface area (Å²) in [6.07, 6.45) is 1.68. The van der Waals surface area contributed by atoms with Gasteiger partial charge in [0.25, 0.3) is 5.91 Å². The van der Waals surface area contributed by atoms with Crippen LogP contribution < -0.4 is 5.32 Å². The van der Waals surface area contributed by atoms with Crippen molar-refractivity contribution in [1.29, 1.82) is 0 Å². The van der Waals surface area contributed by atoms with Gasteiger partial charge in [-0.3, -0.25) is 4.79 Å². The first-order chi connectivity index (χ1) is 10.1. The van der Waals surface area contributed by atoms with Crippen molar-refractivity contribution in [2.45, 2.75) is 33.6 Å². The van der Waals surface area contributed by atoms with Gasteiger partial charge in [-0.2, -0.15) is 0 Å². The largest absolute Gasteiger partial charge is 0.396 e. The van der Waals surface area contributed by atoms with E-state index in [1.54, 1.807) is 0 Å². The van der Waals surface area contributed by atoms with E-state index < -0.39 is 0 Å². The predicted octanol–water partition coefficient (Wildman–Crippen LogP) is 2.92. The molecule has 2 aromatic rings. The maximum absolute atomic E-state index is 12.2. The quantitative estimate of drug-likeness (QED) is 0.765. The first kappa shape index (κ1) is 15.6. The van der Waals surface area contributed by atoms with Gasteiger partial charge in [0.1, 0.15) is 0 Å². The van der Waals surface area contributed by atoms with Gasteiger partial charge < -0.3 is 15.4 Å². The molecule has 1 aromatic carbocycles. The number of nitrogens with one attached hydrogen (secondary N) is 2. The molecular formula is C17H24N2O2. The van der Waals surface area contributed by atoms with Crippen LogP contribution in [0, 0.1) is 19.8 Å². The van der Waals surface area contributed by atoms with E-state index in [4.69, 9.17) is 5.11 Å². The Labute approximate surface area is 125 Å². The van der Waals surface area contributed by atoms with E-state index in [-0.39, 0.29) is 12.5 Å². The summed E-state index contributed by atoms with van der Waals surface area (Å²) in [4.78, 5) is 15.6. The molecule has 1 heterocycles. The summed E-state index contributed by atoms with van der Waals surface area (Å²) in [6, 6.07) is 5.74. The van der Waals surface area contributed by atoms with E-state index in [9.17, 15) is 4.79 Å². The average molecular weight is 288 g/mol. The van der Waals surface area contributed by atoms with Crippen molar-refractivity contribution in [3.63, 3.8) is 0 Å². The Hall–Kier alpha value is -1.81.